The third-order valence-corrected chi connectivity index (χ3v) is 4.18. The van der Waals surface area contributed by atoms with Gasteiger partial charge in [0.2, 0.25) is 5.91 Å². The monoisotopic (exact) mass is 264 g/mol. The number of hydrogen-bond acceptors (Lipinski definition) is 3. The quantitative estimate of drug-likeness (QED) is 0.827. The molecule has 1 aromatic rings. The molecule has 1 amide bonds. The SMILES string of the molecule is CN1CCN(C(=O)CSCc2ccccc2)CC1. The van der Waals surface area contributed by atoms with Gasteiger partial charge in [-0.15, -0.1) is 11.8 Å². The second-order valence-electron chi connectivity index (χ2n) is 4.66. The number of carbonyl (C=O) groups excluding carboxylic acids is 1. The van der Waals surface area contributed by atoms with Gasteiger partial charge in [0, 0.05) is 31.9 Å². The third kappa shape index (κ3) is 4.03. The number of hydrogen-bond donors (Lipinski definition) is 0. The molecule has 4 heteroatoms. The van der Waals surface area contributed by atoms with E-state index in [-0.39, 0.29) is 5.91 Å². The summed E-state index contributed by atoms with van der Waals surface area (Å²) in [4.78, 5) is 16.2. The first kappa shape index (κ1) is 13.4. The Kier molecular flexibility index (Phi) is 5.08. The minimum absolute atomic E-state index is 0.282. The van der Waals surface area contributed by atoms with E-state index in [1.165, 1.54) is 5.56 Å². The molecule has 3 nitrogen and oxygen atoms in total. The van der Waals surface area contributed by atoms with Crippen molar-refractivity contribution in [2.75, 3.05) is 39.0 Å². The zero-order valence-corrected chi connectivity index (χ0v) is 11.7. The van der Waals surface area contributed by atoms with Gasteiger partial charge in [-0.05, 0) is 12.6 Å². The van der Waals surface area contributed by atoms with E-state index in [1.54, 1.807) is 11.8 Å². The minimum atomic E-state index is 0.282. The zero-order chi connectivity index (χ0) is 12.8. The van der Waals surface area contributed by atoms with Gasteiger partial charge in [-0.25, -0.2) is 0 Å². The number of likely N-dealkylation sites (N-methyl/N-ethyl adjacent to an activating group) is 1. The molecular formula is C14H20N2OS. The number of thioether (sulfide) groups is 1. The van der Waals surface area contributed by atoms with Gasteiger partial charge in [-0.2, -0.15) is 0 Å². The van der Waals surface area contributed by atoms with Crippen molar-refractivity contribution in [1.82, 2.24) is 9.80 Å². The molecule has 0 N–H and O–H groups in total. The van der Waals surface area contributed by atoms with E-state index in [4.69, 9.17) is 0 Å². The van der Waals surface area contributed by atoms with Crippen LogP contribution in [0.1, 0.15) is 5.56 Å². The molecule has 0 saturated carbocycles. The molecule has 2 rings (SSSR count). The maximum absolute atomic E-state index is 12.0. The van der Waals surface area contributed by atoms with E-state index in [0.717, 1.165) is 31.9 Å². The number of piperazine rings is 1. The van der Waals surface area contributed by atoms with E-state index in [9.17, 15) is 4.79 Å². The Hall–Kier alpha value is -1.00. The highest BCUT2D eigenvalue weighted by Crippen LogP contribution is 2.13. The molecule has 0 aliphatic carbocycles. The number of benzene rings is 1. The summed E-state index contributed by atoms with van der Waals surface area (Å²) in [7, 11) is 2.10. The Bertz CT molecular complexity index is 375. The van der Waals surface area contributed by atoms with Gasteiger partial charge in [0.1, 0.15) is 0 Å². The maximum Gasteiger partial charge on any atom is 0.232 e. The minimum Gasteiger partial charge on any atom is -0.339 e. The van der Waals surface area contributed by atoms with Crippen molar-refractivity contribution in [3.8, 4) is 0 Å². The summed E-state index contributed by atoms with van der Waals surface area (Å²) in [6.07, 6.45) is 0. The van der Waals surface area contributed by atoms with Crippen molar-refractivity contribution in [2.24, 2.45) is 0 Å². The van der Waals surface area contributed by atoms with Gasteiger partial charge in [-0.3, -0.25) is 4.79 Å². The topological polar surface area (TPSA) is 23.6 Å². The van der Waals surface area contributed by atoms with Crippen molar-refractivity contribution in [1.29, 1.82) is 0 Å². The highest BCUT2D eigenvalue weighted by atomic mass is 32.2. The lowest BCUT2D eigenvalue weighted by Gasteiger charge is -2.32. The summed E-state index contributed by atoms with van der Waals surface area (Å²) in [5, 5.41) is 0. The third-order valence-electron chi connectivity index (χ3n) is 3.19. The van der Waals surface area contributed by atoms with Crippen LogP contribution < -0.4 is 0 Å². The van der Waals surface area contributed by atoms with Crippen LogP contribution >= 0.6 is 11.8 Å². The molecule has 98 valence electrons. The second kappa shape index (κ2) is 6.81. The highest BCUT2D eigenvalue weighted by molar-refractivity contribution is 7.99. The van der Waals surface area contributed by atoms with Crippen molar-refractivity contribution >= 4 is 17.7 Å². The summed E-state index contributed by atoms with van der Waals surface area (Å²) >= 11 is 1.70. The van der Waals surface area contributed by atoms with Gasteiger partial charge in [0.15, 0.2) is 0 Å². The van der Waals surface area contributed by atoms with E-state index in [1.807, 2.05) is 23.1 Å². The first-order chi connectivity index (χ1) is 8.75. The first-order valence-electron chi connectivity index (χ1n) is 6.33. The molecule has 1 aliphatic rings. The highest BCUT2D eigenvalue weighted by Gasteiger charge is 2.18. The Labute approximate surface area is 113 Å². The molecule has 0 radical (unpaired) electrons. The maximum atomic E-state index is 12.0. The van der Waals surface area contributed by atoms with Gasteiger partial charge in [0.25, 0.3) is 0 Å². The van der Waals surface area contributed by atoms with Gasteiger partial charge in [-0.1, -0.05) is 30.3 Å². The average molecular weight is 264 g/mol. The molecule has 1 fully saturated rings. The predicted octanol–water partition coefficient (Wildman–Crippen LogP) is 1.69. The number of amides is 1. The molecule has 0 aromatic heterocycles. The van der Waals surface area contributed by atoms with E-state index < -0.39 is 0 Å². The van der Waals surface area contributed by atoms with Gasteiger partial charge >= 0.3 is 0 Å². The van der Waals surface area contributed by atoms with Crippen LogP contribution in [0, 0.1) is 0 Å². The van der Waals surface area contributed by atoms with Crippen LogP contribution in [0.15, 0.2) is 30.3 Å². The molecule has 1 saturated heterocycles. The molecule has 0 unspecified atom stereocenters. The lowest BCUT2D eigenvalue weighted by atomic mass is 10.2. The van der Waals surface area contributed by atoms with Crippen LogP contribution in [0.3, 0.4) is 0 Å². The lowest BCUT2D eigenvalue weighted by molar-refractivity contribution is -0.129. The standard InChI is InChI=1S/C14H20N2OS/c1-15-7-9-16(10-8-15)14(17)12-18-11-13-5-3-2-4-6-13/h2-6H,7-12H2,1H3. The summed E-state index contributed by atoms with van der Waals surface area (Å²) in [5.74, 6) is 1.79. The van der Waals surface area contributed by atoms with E-state index in [0.29, 0.717) is 5.75 Å². The van der Waals surface area contributed by atoms with Gasteiger partial charge in [0.05, 0.1) is 5.75 Å². The van der Waals surface area contributed by atoms with Crippen molar-refractivity contribution in [3.63, 3.8) is 0 Å². The summed E-state index contributed by atoms with van der Waals surface area (Å²) in [6.45, 7) is 3.74. The van der Waals surface area contributed by atoms with Crippen LogP contribution in [-0.4, -0.2) is 54.7 Å². The molecule has 0 bridgehead atoms. The Morgan fingerprint density at radius 2 is 1.83 bits per heavy atom. The van der Waals surface area contributed by atoms with Crippen LogP contribution in [0.4, 0.5) is 0 Å². The Morgan fingerprint density at radius 1 is 1.17 bits per heavy atom. The number of rotatable bonds is 4. The summed E-state index contributed by atoms with van der Waals surface area (Å²) in [5.41, 5.74) is 1.29. The molecule has 0 atom stereocenters. The predicted molar refractivity (Wildman–Crippen MR) is 76.7 cm³/mol. The number of carbonyl (C=O) groups is 1. The second-order valence-corrected chi connectivity index (χ2v) is 5.65. The fourth-order valence-electron chi connectivity index (χ4n) is 1.98. The molecule has 1 aliphatic heterocycles. The molecular weight excluding hydrogens is 244 g/mol. The van der Waals surface area contributed by atoms with Crippen LogP contribution in [-0.2, 0) is 10.5 Å². The van der Waals surface area contributed by atoms with E-state index in [2.05, 4.69) is 24.1 Å². The average Bonchev–Trinajstić information content (AvgIpc) is 2.40. The Morgan fingerprint density at radius 3 is 2.50 bits per heavy atom. The lowest BCUT2D eigenvalue weighted by Crippen LogP contribution is -2.47. The molecule has 1 aromatic carbocycles. The van der Waals surface area contributed by atoms with Crippen LogP contribution in [0.5, 0.6) is 0 Å². The largest absolute Gasteiger partial charge is 0.339 e. The molecule has 1 heterocycles. The van der Waals surface area contributed by atoms with Crippen molar-refractivity contribution in [2.45, 2.75) is 5.75 Å². The van der Waals surface area contributed by atoms with Crippen molar-refractivity contribution < 1.29 is 4.79 Å². The zero-order valence-electron chi connectivity index (χ0n) is 10.8. The fourth-order valence-corrected chi connectivity index (χ4v) is 2.86. The normalized spacial score (nSPS) is 16.8. The molecule has 18 heavy (non-hydrogen) atoms. The summed E-state index contributed by atoms with van der Waals surface area (Å²) in [6, 6.07) is 10.3. The fraction of sp³-hybridized carbons (Fsp3) is 0.500. The van der Waals surface area contributed by atoms with Gasteiger partial charge < -0.3 is 9.80 Å². The van der Waals surface area contributed by atoms with Crippen molar-refractivity contribution in [3.05, 3.63) is 35.9 Å². The number of nitrogens with zero attached hydrogens (tertiary/aromatic N) is 2. The first-order valence-corrected chi connectivity index (χ1v) is 7.49. The van der Waals surface area contributed by atoms with Crippen LogP contribution in [0.25, 0.3) is 0 Å². The molecule has 0 spiro atoms. The smallest absolute Gasteiger partial charge is 0.232 e. The Balaban J connectivity index is 1.69. The van der Waals surface area contributed by atoms with E-state index >= 15 is 0 Å². The van der Waals surface area contributed by atoms with Crippen LogP contribution in [0.2, 0.25) is 0 Å². The summed E-state index contributed by atoms with van der Waals surface area (Å²) < 4.78 is 0.